The Morgan fingerprint density at radius 1 is 1.21 bits per heavy atom. The molecule has 1 fully saturated rings. The van der Waals surface area contributed by atoms with Crippen molar-refractivity contribution in [1.29, 1.82) is 0 Å². The maximum atomic E-state index is 11.6. The normalized spacial score (nSPS) is 22.2. The molecule has 0 bridgehead atoms. The van der Waals surface area contributed by atoms with Crippen molar-refractivity contribution in [3.63, 3.8) is 0 Å². The van der Waals surface area contributed by atoms with Gasteiger partial charge >= 0.3 is 11.9 Å². The van der Waals surface area contributed by atoms with E-state index in [4.69, 9.17) is 14.2 Å². The van der Waals surface area contributed by atoms with Crippen LogP contribution in [-0.4, -0.2) is 31.4 Å². The summed E-state index contributed by atoms with van der Waals surface area (Å²) >= 11 is 0. The molecule has 5 nitrogen and oxygen atoms in total. The van der Waals surface area contributed by atoms with E-state index in [1.807, 2.05) is 13.8 Å². The van der Waals surface area contributed by atoms with Gasteiger partial charge in [-0.05, 0) is 47.0 Å². The standard InChI is InChI=1S/C14H24O5/c1-9(2)17-7-10-6-11(10)12(15)18-8-19-13(16)14(3,4)5/h9-11H,6-8H2,1-5H3/t10-,11+/m0/s1. The van der Waals surface area contributed by atoms with Crippen molar-refractivity contribution in [3.05, 3.63) is 0 Å². The first-order valence-corrected chi connectivity index (χ1v) is 6.67. The van der Waals surface area contributed by atoms with Gasteiger partial charge in [0.15, 0.2) is 0 Å². The maximum Gasteiger partial charge on any atom is 0.314 e. The third-order valence-corrected chi connectivity index (χ3v) is 2.87. The molecule has 110 valence electrons. The molecule has 0 aromatic rings. The van der Waals surface area contributed by atoms with Gasteiger partial charge in [0.25, 0.3) is 0 Å². The lowest BCUT2D eigenvalue weighted by Gasteiger charge is -2.16. The number of hydrogen-bond acceptors (Lipinski definition) is 5. The molecule has 0 N–H and O–H groups in total. The van der Waals surface area contributed by atoms with E-state index < -0.39 is 5.41 Å². The third-order valence-electron chi connectivity index (χ3n) is 2.87. The van der Waals surface area contributed by atoms with E-state index in [0.29, 0.717) is 6.61 Å². The highest BCUT2D eigenvalue weighted by atomic mass is 16.7. The third kappa shape index (κ3) is 5.59. The number of hydrogen-bond donors (Lipinski definition) is 0. The highest BCUT2D eigenvalue weighted by Crippen LogP contribution is 2.39. The molecule has 1 aliphatic carbocycles. The fourth-order valence-corrected chi connectivity index (χ4v) is 1.50. The van der Waals surface area contributed by atoms with Crippen LogP contribution in [-0.2, 0) is 23.8 Å². The summed E-state index contributed by atoms with van der Waals surface area (Å²) in [7, 11) is 0. The summed E-state index contributed by atoms with van der Waals surface area (Å²) < 4.78 is 15.2. The van der Waals surface area contributed by atoms with Gasteiger partial charge in [0.2, 0.25) is 6.79 Å². The molecule has 0 spiro atoms. The van der Waals surface area contributed by atoms with E-state index in [9.17, 15) is 9.59 Å². The van der Waals surface area contributed by atoms with Gasteiger partial charge in [0.1, 0.15) is 0 Å². The first kappa shape index (κ1) is 16.0. The number of ether oxygens (including phenoxy) is 3. The van der Waals surface area contributed by atoms with E-state index in [1.54, 1.807) is 20.8 Å². The molecule has 0 amide bonds. The Kier molecular flexibility index (Phi) is 5.35. The van der Waals surface area contributed by atoms with Crippen LogP contribution < -0.4 is 0 Å². The Balaban J connectivity index is 2.15. The van der Waals surface area contributed by atoms with Crippen LogP contribution in [0.1, 0.15) is 41.0 Å². The summed E-state index contributed by atoms with van der Waals surface area (Å²) in [6, 6.07) is 0. The van der Waals surface area contributed by atoms with Crippen molar-refractivity contribution in [3.8, 4) is 0 Å². The lowest BCUT2D eigenvalue weighted by Crippen LogP contribution is -2.25. The number of carbonyl (C=O) groups is 2. The van der Waals surface area contributed by atoms with E-state index in [2.05, 4.69) is 0 Å². The zero-order chi connectivity index (χ0) is 14.6. The predicted octanol–water partition coefficient (Wildman–Crippen LogP) is 2.14. The molecule has 0 heterocycles. The zero-order valence-corrected chi connectivity index (χ0v) is 12.4. The van der Waals surface area contributed by atoms with Crippen LogP contribution in [0.5, 0.6) is 0 Å². The van der Waals surface area contributed by atoms with Gasteiger partial charge in [-0.15, -0.1) is 0 Å². The Morgan fingerprint density at radius 3 is 2.37 bits per heavy atom. The van der Waals surface area contributed by atoms with Gasteiger partial charge in [-0.1, -0.05) is 0 Å². The van der Waals surface area contributed by atoms with Crippen molar-refractivity contribution < 1.29 is 23.8 Å². The van der Waals surface area contributed by atoms with Crippen molar-refractivity contribution >= 4 is 11.9 Å². The monoisotopic (exact) mass is 272 g/mol. The molecule has 0 aromatic heterocycles. The van der Waals surface area contributed by atoms with Crippen molar-refractivity contribution in [2.45, 2.75) is 47.1 Å². The average Bonchev–Trinajstić information content (AvgIpc) is 3.04. The molecule has 1 saturated carbocycles. The zero-order valence-electron chi connectivity index (χ0n) is 12.4. The van der Waals surface area contributed by atoms with Gasteiger partial charge in [0.05, 0.1) is 24.0 Å². The summed E-state index contributed by atoms with van der Waals surface area (Å²) in [4.78, 5) is 23.1. The lowest BCUT2D eigenvalue weighted by atomic mass is 9.98. The molecular formula is C14H24O5. The summed E-state index contributed by atoms with van der Waals surface area (Å²) in [6.07, 6.45) is 0.962. The molecule has 1 aliphatic rings. The van der Waals surface area contributed by atoms with Crippen molar-refractivity contribution in [1.82, 2.24) is 0 Å². The summed E-state index contributed by atoms with van der Waals surface area (Å²) in [5.41, 5.74) is -0.584. The van der Waals surface area contributed by atoms with Crippen LogP contribution >= 0.6 is 0 Å². The van der Waals surface area contributed by atoms with Gasteiger partial charge in [-0.25, -0.2) is 0 Å². The van der Waals surface area contributed by atoms with Crippen LogP contribution in [0.2, 0.25) is 0 Å². The molecule has 0 radical (unpaired) electrons. The van der Waals surface area contributed by atoms with Crippen molar-refractivity contribution in [2.75, 3.05) is 13.4 Å². The van der Waals surface area contributed by atoms with Gasteiger partial charge in [-0.3, -0.25) is 9.59 Å². The Hall–Kier alpha value is -1.10. The molecule has 5 heteroatoms. The molecule has 2 atom stereocenters. The smallest absolute Gasteiger partial charge is 0.314 e. The minimum atomic E-state index is -0.584. The lowest BCUT2D eigenvalue weighted by molar-refractivity contribution is -0.174. The average molecular weight is 272 g/mol. The predicted molar refractivity (Wildman–Crippen MR) is 69.2 cm³/mol. The quantitative estimate of drug-likeness (QED) is 0.547. The van der Waals surface area contributed by atoms with E-state index >= 15 is 0 Å². The Morgan fingerprint density at radius 2 is 1.84 bits per heavy atom. The molecule has 0 aliphatic heterocycles. The summed E-state index contributed by atoms with van der Waals surface area (Å²) in [5.74, 6) is -0.546. The molecule has 19 heavy (non-hydrogen) atoms. The highest BCUT2D eigenvalue weighted by molar-refractivity contribution is 5.77. The van der Waals surface area contributed by atoms with E-state index in [1.165, 1.54) is 0 Å². The van der Waals surface area contributed by atoms with E-state index in [-0.39, 0.29) is 36.7 Å². The fourth-order valence-electron chi connectivity index (χ4n) is 1.50. The second-order valence-electron chi connectivity index (χ2n) is 6.25. The van der Waals surface area contributed by atoms with Gasteiger partial charge in [0, 0.05) is 0 Å². The van der Waals surface area contributed by atoms with Gasteiger partial charge < -0.3 is 14.2 Å². The van der Waals surface area contributed by atoms with Crippen LogP contribution in [0.25, 0.3) is 0 Å². The second-order valence-corrected chi connectivity index (χ2v) is 6.25. The maximum absolute atomic E-state index is 11.6. The second kappa shape index (κ2) is 6.37. The van der Waals surface area contributed by atoms with Crippen molar-refractivity contribution in [2.24, 2.45) is 17.3 Å². The van der Waals surface area contributed by atoms with Crippen LogP contribution in [0, 0.1) is 17.3 Å². The topological polar surface area (TPSA) is 61.8 Å². The Bertz CT molecular complexity index is 329. The van der Waals surface area contributed by atoms with Crippen LogP contribution in [0.15, 0.2) is 0 Å². The summed E-state index contributed by atoms with van der Waals surface area (Å²) in [6.45, 7) is 9.44. The minimum Gasteiger partial charge on any atom is -0.428 e. The van der Waals surface area contributed by atoms with E-state index in [0.717, 1.165) is 6.42 Å². The number of rotatable bonds is 6. The molecule has 1 rings (SSSR count). The van der Waals surface area contributed by atoms with Crippen LogP contribution in [0.3, 0.4) is 0 Å². The first-order chi connectivity index (χ1) is 8.71. The molecule has 0 saturated heterocycles. The molecule has 0 unspecified atom stereocenters. The van der Waals surface area contributed by atoms with Crippen LogP contribution in [0.4, 0.5) is 0 Å². The largest absolute Gasteiger partial charge is 0.428 e. The minimum absolute atomic E-state index is 0.105. The fraction of sp³-hybridized carbons (Fsp3) is 0.857. The number of esters is 2. The Labute approximate surface area is 114 Å². The molecule has 0 aromatic carbocycles. The molecular weight excluding hydrogens is 248 g/mol. The first-order valence-electron chi connectivity index (χ1n) is 6.67. The highest BCUT2D eigenvalue weighted by Gasteiger charge is 2.44. The SMILES string of the molecule is CC(C)OC[C@@H]1C[C@H]1C(=O)OCOC(=O)C(C)(C)C. The van der Waals surface area contributed by atoms with Gasteiger partial charge in [-0.2, -0.15) is 0 Å². The summed E-state index contributed by atoms with van der Waals surface area (Å²) in [5, 5.41) is 0. The number of carbonyl (C=O) groups excluding carboxylic acids is 2.